The molecule has 0 fully saturated rings. The summed E-state index contributed by atoms with van der Waals surface area (Å²) in [6.07, 6.45) is 1.37. The second kappa shape index (κ2) is 5.09. The van der Waals surface area contributed by atoms with Gasteiger partial charge in [-0.25, -0.2) is 0 Å². The number of aliphatic hydroxyl groups excluding tert-OH is 1. The zero-order chi connectivity index (χ0) is 11.4. The maximum atomic E-state index is 9.35. The Labute approximate surface area is 98.4 Å². The highest BCUT2D eigenvalue weighted by Gasteiger charge is 2.01. The van der Waals surface area contributed by atoms with Crippen molar-refractivity contribution in [3.63, 3.8) is 0 Å². The van der Waals surface area contributed by atoms with Crippen molar-refractivity contribution in [2.24, 2.45) is 0 Å². The van der Waals surface area contributed by atoms with Crippen LogP contribution in [0, 0.1) is 0 Å². The number of aliphatic hydroxyl groups is 1. The second-order valence-corrected chi connectivity index (χ2v) is 4.47. The molecule has 0 spiro atoms. The average molecular weight is 235 g/mol. The third-order valence-corrected chi connectivity index (χ3v) is 2.98. The first kappa shape index (κ1) is 11.1. The van der Waals surface area contributed by atoms with Crippen molar-refractivity contribution < 1.29 is 9.84 Å². The number of thiazole rings is 1. The highest BCUT2D eigenvalue weighted by molar-refractivity contribution is 7.09. The molecule has 0 unspecified atom stereocenters. The topological polar surface area (TPSA) is 42.4 Å². The molecule has 0 amide bonds. The maximum Gasteiger partial charge on any atom is 0.124 e. The van der Waals surface area contributed by atoms with Crippen LogP contribution in [0.1, 0.15) is 23.5 Å². The summed E-state index contributed by atoms with van der Waals surface area (Å²) < 4.78 is 5.57. The van der Waals surface area contributed by atoms with E-state index in [2.05, 4.69) is 4.98 Å². The standard InChI is InChI=1S/C12H13NO2S/c1-9(14)10-2-4-11(5-3-10)15-7-12-6-13-8-16-12/h2-6,8-9,14H,7H2,1H3/t9-/m1/s1. The summed E-state index contributed by atoms with van der Waals surface area (Å²) in [4.78, 5) is 5.07. The first-order chi connectivity index (χ1) is 7.75. The molecule has 84 valence electrons. The number of hydrogen-bond donors (Lipinski definition) is 1. The van der Waals surface area contributed by atoms with E-state index < -0.39 is 6.10 Å². The average Bonchev–Trinajstić information content (AvgIpc) is 2.80. The maximum absolute atomic E-state index is 9.35. The van der Waals surface area contributed by atoms with E-state index in [-0.39, 0.29) is 0 Å². The third kappa shape index (κ3) is 2.81. The van der Waals surface area contributed by atoms with Crippen molar-refractivity contribution in [1.29, 1.82) is 0 Å². The van der Waals surface area contributed by atoms with Gasteiger partial charge in [-0.15, -0.1) is 11.3 Å². The van der Waals surface area contributed by atoms with Crippen LogP contribution in [0.5, 0.6) is 5.75 Å². The Morgan fingerprint density at radius 3 is 2.69 bits per heavy atom. The van der Waals surface area contributed by atoms with Crippen LogP contribution in [0.15, 0.2) is 36.0 Å². The smallest absolute Gasteiger partial charge is 0.124 e. The van der Waals surface area contributed by atoms with Crippen LogP contribution in [0.4, 0.5) is 0 Å². The molecule has 1 atom stereocenters. The van der Waals surface area contributed by atoms with E-state index in [1.807, 2.05) is 24.3 Å². The molecule has 1 N–H and O–H groups in total. The quantitative estimate of drug-likeness (QED) is 0.886. The van der Waals surface area contributed by atoms with E-state index in [1.165, 1.54) is 0 Å². The van der Waals surface area contributed by atoms with Crippen molar-refractivity contribution in [2.75, 3.05) is 0 Å². The molecule has 4 heteroatoms. The number of ether oxygens (including phenoxy) is 1. The molecule has 16 heavy (non-hydrogen) atoms. The van der Waals surface area contributed by atoms with Gasteiger partial charge in [0.25, 0.3) is 0 Å². The minimum Gasteiger partial charge on any atom is -0.488 e. The number of benzene rings is 1. The molecule has 1 heterocycles. The lowest BCUT2D eigenvalue weighted by Crippen LogP contribution is -1.94. The fourth-order valence-electron chi connectivity index (χ4n) is 1.31. The highest BCUT2D eigenvalue weighted by Crippen LogP contribution is 2.18. The number of nitrogens with zero attached hydrogens (tertiary/aromatic N) is 1. The van der Waals surface area contributed by atoms with Crippen LogP contribution in [-0.4, -0.2) is 10.1 Å². The molecule has 0 aliphatic carbocycles. The number of hydrogen-bond acceptors (Lipinski definition) is 4. The summed E-state index contributed by atoms with van der Waals surface area (Å²) in [5.74, 6) is 0.804. The predicted octanol–water partition coefficient (Wildman–Crippen LogP) is 2.78. The van der Waals surface area contributed by atoms with Crippen LogP contribution < -0.4 is 4.74 Å². The molecular weight excluding hydrogens is 222 g/mol. The van der Waals surface area contributed by atoms with Gasteiger partial charge in [0.1, 0.15) is 12.4 Å². The van der Waals surface area contributed by atoms with E-state index in [0.717, 1.165) is 16.2 Å². The van der Waals surface area contributed by atoms with Gasteiger partial charge >= 0.3 is 0 Å². The summed E-state index contributed by atoms with van der Waals surface area (Å²) in [6.45, 7) is 2.28. The summed E-state index contributed by atoms with van der Waals surface area (Å²) in [5.41, 5.74) is 2.68. The Kier molecular flexibility index (Phi) is 3.54. The lowest BCUT2D eigenvalue weighted by Gasteiger charge is -2.07. The lowest BCUT2D eigenvalue weighted by atomic mass is 10.1. The van der Waals surface area contributed by atoms with Crippen molar-refractivity contribution >= 4 is 11.3 Å². The zero-order valence-electron chi connectivity index (χ0n) is 8.96. The largest absolute Gasteiger partial charge is 0.488 e. The van der Waals surface area contributed by atoms with Gasteiger partial charge in [0, 0.05) is 6.20 Å². The van der Waals surface area contributed by atoms with Gasteiger partial charge in [-0.05, 0) is 24.6 Å². The summed E-state index contributed by atoms with van der Waals surface area (Å²) in [5, 5.41) is 9.35. The minimum atomic E-state index is -0.435. The molecule has 2 aromatic rings. The SMILES string of the molecule is C[C@@H](O)c1ccc(OCc2cncs2)cc1. The Morgan fingerprint density at radius 2 is 2.12 bits per heavy atom. The predicted molar refractivity (Wildman–Crippen MR) is 63.5 cm³/mol. The van der Waals surface area contributed by atoms with Crippen LogP contribution in [0.25, 0.3) is 0 Å². The molecule has 0 aliphatic rings. The monoisotopic (exact) mass is 235 g/mol. The first-order valence-electron chi connectivity index (χ1n) is 5.04. The van der Waals surface area contributed by atoms with Gasteiger partial charge in [0.05, 0.1) is 16.5 Å². The van der Waals surface area contributed by atoms with E-state index in [0.29, 0.717) is 6.61 Å². The van der Waals surface area contributed by atoms with E-state index in [4.69, 9.17) is 4.74 Å². The normalized spacial score (nSPS) is 12.4. The van der Waals surface area contributed by atoms with Gasteiger partial charge in [0.15, 0.2) is 0 Å². The Bertz CT molecular complexity index is 423. The van der Waals surface area contributed by atoms with Crippen molar-refractivity contribution in [2.45, 2.75) is 19.6 Å². The van der Waals surface area contributed by atoms with Crippen LogP contribution >= 0.6 is 11.3 Å². The molecule has 0 bridgehead atoms. The van der Waals surface area contributed by atoms with Crippen LogP contribution in [0.3, 0.4) is 0 Å². The summed E-state index contributed by atoms with van der Waals surface area (Å²) >= 11 is 1.57. The van der Waals surface area contributed by atoms with Crippen LogP contribution in [0.2, 0.25) is 0 Å². The minimum absolute atomic E-state index is 0.435. The highest BCUT2D eigenvalue weighted by atomic mass is 32.1. The van der Waals surface area contributed by atoms with Gasteiger partial charge in [-0.2, -0.15) is 0 Å². The second-order valence-electron chi connectivity index (χ2n) is 3.50. The van der Waals surface area contributed by atoms with E-state index in [1.54, 1.807) is 30.0 Å². The Hall–Kier alpha value is -1.39. The molecule has 1 aromatic heterocycles. The molecule has 0 radical (unpaired) electrons. The van der Waals surface area contributed by atoms with Gasteiger partial charge in [0.2, 0.25) is 0 Å². The van der Waals surface area contributed by atoms with Gasteiger partial charge in [-0.3, -0.25) is 4.98 Å². The molecule has 0 saturated heterocycles. The molecule has 0 saturated carbocycles. The Balaban J connectivity index is 1.95. The summed E-state index contributed by atoms with van der Waals surface area (Å²) in [7, 11) is 0. The third-order valence-electron chi connectivity index (χ3n) is 2.23. The van der Waals surface area contributed by atoms with Crippen molar-refractivity contribution in [1.82, 2.24) is 4.98 Å². The van der Waals surface area contributed by atoms with Crippen LogP contribution in [-0.2, 0) is 6.61 Å². The molecular formula is C12H13NO2S. The zero-order valence-corrected chi connectivity index (χ0v) is 9.78. The molecule has 3 nitrogen and oxygen atoms in total. The van der Waals surface area contributed by atoms with Gasteiger partial charge < -0.3 is 9.84 Å². The van der Waals surface area contributed by atoms with E-state index >= 15 is 0 Å². The first-order valence-corrected chi connectivity index (χ1v) is 5.92. The number of aromatic nitrogens is 1. The van der Waals surface area contributed by atoms with E-state index in [9.17, 15) is 5.11 Å². The molecule has 1 aromatic carbocycles. The van der Waals surface area contributed by atoms with Crippen molar-refractivity contribution in [3.8, 4) is 5.75 Å². The van der Waals surface area contributed by atoms with Gasteiger partial charge in [-0.1, -0.05) is 12.1 Å². The summed E-state index contributed by atoms with van der Waals surface area (Å²) in [6, 6.07) is 7.46. The lowest BCUT2D eigenvalue weighted by molar-refractivity contribution is 0.199. The molecule has 0 aliphatic heterocycles. The fraction of sp³-hybridized carbons (Fsp3) is 0.250. The van der Waals surface area contributed by atoms with Crippen molar-refractivity contribution in [3.05, 3.63) is 46.4 Å². The Morgan fingerprint density at radius 1 is 1.38 bits per heavy atom. The molecule has 2 rings (SSSR count). The number of rotatable bonds is 4. The fourth-order valence-corrected chi connectivity index (χ4v) is 1.82.